The van der Waals surface area contributed by atoms with Crippen LogP contribution in [-0.2, 0) is 6.42 Å². The summed E-state index contributed by atoms with van der Waals surface area (Å²) in [5.41, 5.74) is 2.47. The number of ether oxygens (including phenoxy) is 1. The Bertz CT molecular complexity index is 579. The van der Waals surface area contributed by atoms with Gasteiger partial charge in [-0.3, -0.25) is 4.79 Å². The van der Waals surface area contributed by atoms with Crippen molar-refractivity contribution in [2.75, 3.05) is 11.9 Å². The van der Waals surface area contributed by atoms with E-state index < -0.39 is 0 Å². The lowest BCUT2D eigenvalue weighted by molar-refractivity contribution is 0.102. The van der Waals surface area contributed by atoms with Gasteiger partial charge in [-0.1, -0.05) is 25.1 Å². The largest absolute Gasteiger partial charge is 0.478 e. The molecule has 1 amide bonds. The van der Waals surface area contributed by atoms with Crippen molar-refractivity contribution in [3.05, 3.63) is 53.7 Å². The highest BCUT2D eigenvalue weighted by Crippen LogP contribution is 2.17. The van der Waals surface area contributed by atoms with Crippen molar-refractivity contribution in [1.29, 1.82) is 0 Å². The lowest BCUT2D eigenvalue weighted by Crippen LogP contribution is -2.13. The molecular weight excluding hydrogens is 252 g/mol. The van der Waals surface area contributed by atoms with Crippen LogP contribution in [0, 0.1) is 0 Å². The Labute approximate surface area is 118 Å². The van der Waals surface area contributed by atoms with Crippen LogP contribution < -0.4 is 10.1 Å². The molecule has 1 N–H and O–H groups in total. The maximum Gasteiger partial charge on any atom is 0.257 e. The fourth-order valence-electron chi connectivity index (χ4n) is 1.89. The van der Waals surface area contributed by atoms with Gasteiger partial charge in [-0.25, -0.2) is 4.98 Å². The van der Waals surface area contributed by atoms with E-state index in [1.807, 2.05) is 31.2 Å². The average molecular weight is 270 g/mol. The zero-order chi connectivity index (χ0) is 14.4. The fourth-order valence-corrected chi connectivity index (χ4v) is 1.89. The molecule has 1 aromatic heterocycles. The summed E-state index contributed by atoms with van der Waals surface area (Å²) in [5.74, 6) is 0.361. The quantitative estimate of drug-likeness (QED) is 0.907. The molecular formula is C16H18N2O2. The molecule has 104 valence electrons. The molecule has 2 aromatic rings. The number of rotatable bonds is 5. The van der Waals surface area contributed by atoms with Crippen LogP contribution >= 0.6 is 0 Å². The molecule has 4 heteroatoms. The van der Waals surface area contributed by atoms with Gasteiger partial charge < -0.3 is 10.1 Å². The Morgan fingerprint density at radius 2 is 2.00 bits per heavy atom. The standard InChI is InChI=1S/C16H18N2O2/c1-3-12-7-5-6-8-14(12)18-16(19)13-9-10-15(17-11-13)20-4-2/h5-11H,3-4H2,1-2H3,(H,18,19). The summed E-state index contributed by atoms with van der Waals surface area (Å²) in [7, 11) is 0. The molecule has 0 unspecified atom stereocenters. The SMILES string of the molecule is CCOc1ccc(C(=O)Nc2ccccc2CC)cn1. The van der Waals surface area contributed by atoms with E-state index in [2.05, 4.69) is 17.2 Å². The van der Waals surface area contributed by atoms with Crippen LogP contribution in [0.5, 0.6) is 5.88 Å². The first-order chi connectivity index (χ1) is 9.74. The minimum atomic E-state index is -0.165. The van der Waals surface area contributed by atoms with E-state index >= 15 is 0 Å². The summed E-state index contributed by atoms with van der Waals surface area (Å²) < 4.78 is 5.25. The molecule has 0 fully saturated rings. The zero-order valence-corrected chi connectivity index (χ0v) is 11.7. The van der Waals surface area contributed by atoms with Gasteiger partial charge in [-0.2, -0.15) is 0 Å². The first-order valence-electron chi connectivity index (χ1n) is 6.72. The lowest BCUT2D eigenvalue weighted by Gasteiger charge is -2.09. The van der Waals surface area contributed by atoms with Gasteiger partial charge in [-0.15, -0.1) is 0 Å². The summed E-state index contributed by atoms with van der Waals surface area (Å²) >= 11 is 0. The van der Waals surface area contributed by atoms with Crippen molar-refractivity contribution in [2.24, 2.45) is 0 Å². The van der Waals surface area contributed by atoms with E-state index in [-0.39, 0.29) is 5.91 Å². The van der Waals surface area contributed by atoms with Crippen LogP contribution in [0.1, 0.15) is 29.8 Å². The van der Waals surface area contributed by atoms with E-state index in [4.69, 9.17) is 4.74 Å². The van der Waals surface area contributed by atoms with E-state index in [0.29, 0.717) is 18.1 Å². The molecule has 0 radical (unpaired) electrons. The van der Waals surface area contributed by atoms with Crippen LogP contribution in [0.4, 0.5) is 5.69 Å². The third-order valence-corrected chi connectivity index (χ3v) is 2.94. The van der Waals surface area contributed by atoms with Crippen molar-refractivity contribution in [3.8, 4) is 5.88 Å². The molecule has 4 nitrogen and oxygen atoms in total. The molecule has 1 aromatic carbocycles. The molecule has 20 heavy (non-hydrogen) atoms. The van der Waals surface area contributed by atoms with Gasteiger partial charge >= 0.3 is 0 Å². The second-order valence-electron chi connectivity index (χ2n) is 4.28. The first kappa shape index (κ1) is 14.1. The Balaban J connectivity index is 2.11. The number of carbonyl (C=O) groups is 1. The molecule has 0 aliphatic rings. The Kier molecular flexibility index (Phi) is 4.71. The second kappa shape index (κ2) is 6.70. The summed E-state index contributed by atoms with van der Waals surface area (Å²) in [6.45, 7) is 4.51. The summed E-state index contributed by atoms with van der Waals surface area (Å²) in [4.78, 5) is 16.3. The average Bonchev–Trinajstić information content (AvgIpc) is 2.49. The van der Waals surface area contributed by atoms with Crippen molar-refractivity contribution in [3.63, 3.8) is 0 Å². The van der Waals surface area contributed by atoms with Gasteiger partial charge in [0.25, 0.3) is 5.91 Å². The first-order valence-corrected chi connectivity index (χ1v) is 6.72. The predicted molar refractivity (Wildman–Crippen MR) is 79.2 cm³/mol. The maximum atomic E-state index is 12.2. The molecule has 0 atom stereocenters. The number of aryl methyl sites for hydroxylation is 1. The summed E-state index contributed by atoms with van der Waals surface area (Å²) in [5, 5.41) is 2.91. The number of hydrogen-bond acceptors (Lipinski definition) is 3. The number of para-hydroxylation sites is 1. The van der Waals surface area contributed by atoms with Gasteiger partial charge in [0.15, 0.2) is 0 Å². The van der Waals surface area contributed by atoms with E-state index in [1.165, 1.54) is 6.20 Å². The number of amides is 1. The van der Waals surface area contributed by atoms with Crippen molar-refractivity contribution in [1.82, 2.24) is 4.98 Å². The van der Waals surface area contributed by atoms with Crippen LogP contribution in [-0.4, -0.2) is 17.5 Å². The fraction of sp³-hybridized carbons (Fsp3) is 0.250. The van der Waals surface area contributed by atoms with Gasteiger partial charge in [-0.05, 0) is 31.0 Å². The lowest BCUT2D eigenvalue weighted by atomic mass is 10.1. The van der Waals surface area contributed by atoms with Gasteiger partial charge in [0.2, 0.25) is 5.88 Å². The maximum absolute atomic E-state index is 12.2. The van der Waals surface area contributed by atoms with Crippen LogP contribution in [0.25, 0.3) is 0 Å². The smallest absolute Gasteiger partial charge is 0.257 e. The second-order valence-corrected chi connectivity index (χ2v) is 4.28. The van der Waals surface area contributed by atoms with Crippen LogP contribution in [0.3, 0.4) is 0 Å². The summed E-state index contributed by atoms with van der Waals surface area (Å²) in [6.07, 6.45) is 2.40. The van der Waals surface area contributed by atoms with Gasteiger partial charge in [0.1, 0.15) is 0 Å². The number of nitrogens with zero attached hydrogens (tertiary/aromatic N) is 1. The molecule has 0 saturated carbocycles. The van der Waals surface area contributed by atoms with Gasteiger partial charge in [0, 0.05) is 18.0 Å². The Morgan fingerprint density at radius 1 is 1.20 bits per heavy atom. The van der Waals surface area contributed by atoms with Crippen LogP contribution in [0.15, 0.2) is 42.6 Å². The number of benzene rings is 1. The van der Waals surface area contributed by atoms with Crippen molar-refractivity contribution in [2.45, 2.75) is 20.3 Å². The highest BCUT2D eigenvalue weighted by atomic mass is 16.5. The number of aromatic nitrogens is 1. The number of anilines is 1. The third-order valence-electron chi connectivity index (χ3n) is 2.94. The Morgan fingerprint density at radius 3 is 2.65 bits per heavy atom. The molecule has 1 heterocycles. The molecule has 2 rings (SSSR count). The van der Waals surface area contributed by atoms with E-state index in [1.54, 1.807) is 12.1 Å². The highest BCUT2D eigenvalue weighted by Gasteiger charge is 2.09. The van der Waals surface area contributed by atoms with Crippen LogP contribution in [0.2, 0.25) is 0 Å². The van der Waals surface area contributed by atoms with Crippen molar-refractivity contribution >= 4 is 11.6 Å². The number of carbonyl (C=O) groups excluding carboxylic acids is 1. The number of pyridine rings is 1. The molecule has 0 aliphatic heterocycles. The van der Waals surface area contributed by atoms with Crippen molar-refractivity contribution < 1.29 is 9.53 Å². The normalized spacial score (nSPS) is 10.1. The predicted octanol–water partition coefficient (Wildman–Crippen LogP) is 3.30. The van der Waals surface area contributed by atoms with E-state index in [9.17, 15) is 4.79 Å². The third kappa shape index (κ3) is 3.35. The van der Waals surface area contributed by atoms with E-state index in [0.717, 1.165) is 17.7 Å². The Hall–Kier alpha value is -2.36. The molecule has 0 spiro atoms. The number of hydrogen-bond donors (Lipinski definition) is 1. The minimum absolute atomic E-state index is 0.165. The highest BCUT2D eigenvalue weighted by molar-refractivity contribution is 6.04. The minimum Gasteiger partial charge on any atom is -0.478 e. The number of nitrogens with one attached hydrogen (secondary N) is 1. The zero-order valence-electron chi connectivity index (χ0n) is 11.7. The molecule has 0 saturated heterocycles. The molecule has 0 bridgehead atoms. The topological polar surface area (TPSA) is 51.2 Å². The monoisotopic (exact) mass is 270 g/mol. The summed E-state index contributed by atoms with van der Waals surface area (Å²) in [6, 6.07) is 11.2. The van der Waals surface area contributed by atoms with Gasteiger partial charge in [0.05, 0.1) is 12.2 Å². The molecule has 0 aliphatic carbocycles.